The predicted molar refractivity (Wildman–Crippen MR) is 91.1 cm³/mol. The standard InChI is InChI=1S/C15H19Cl2NO3S/c1-4-22-14(20)21-18(13(19)15(2,3)10-16)9-11-7-5-6-8-12(11)17/h5-8H,4,9-10H2,1-3H3. The van der Waals surface area contributed by atoms with Gasteiger partial charge in [-0.3, -0.25) is 4.79 Å². The normalized spacial score (nSPS) is 11.1. The lowest BCUT2D eigenvalue weighted by atomic mass is 9.95. The van der Waals surface area contributed by atoms with Gasteiger partial charge >= 0.3 is 5.30 Å². The number of hydroxylamine groups is 2. The average Bonchev–Trinajstić information content (AvgIpc) is 2.48. The molecule has 0 fully saturated rings. The molecule has 0 spiro atoms. The molecule has 0 bridgehead atoms. The van der Waals surface area contributed by atoms with Crippen LogP contribution in [0.25, 0.3) is 0 Å². The molecule has 0 aliphatic rings. The van der Waals surface area contributed by atoms with E-state index < -0.39 is 10.7 Å². The molecule has 0 aromatic heterocycles. The number of hydrogen-bond acceptors (Lipinski definition) is 4. The summed E-state index contributed by atoms with van der Waals surface area (Å²) in [6, 6.07) is 7.09. The van der Waals surface area contributed by atoms with Crippen LogP contribution in [0.5, 0.6) is 0 Å². The zero-order valence-electron chi connectivity index (χ0n) is 12.8. The number of carbonyl (C=O) groups is 2. The number of carbonyl (C=O) groups excluding carboxylic acids is 2. The van der Waals surface area contributed by atoms with Gasteiger partial charge in [0.1, 0.15) is 0 Å². The molecule has 122 valence electrons. The lowest BCUT2D eigenvalue weighted by Gasteiger charge is -2.29. The lowest BCUT2D eigenvalue weighted by molar-refractivity contribution is -0.174. The molecule has 0 saturated carbocycles. The van der Waals surface area contributed by atoms with Gasteiger partial charge in [-0.15, -0.1) is 11.6 Å². The van der Waals surface area contributed by atoms with E-state index in [0.29, 0.717) is 16.3 Å². The Balaban J connectivity index is 2.98. The van der Waals surface area contributed by atoms with Crippen LogP contribution >= 0.6 is 35.0 Å². The van der Waals surface area contributed by atoms with Crippen LogP contribution in [-0.4, -0.2) is 27.9 Å². The first-order valence-corrected chi connectivity index (χ1v) is 8.67. The van der Waals surface area contributed by atoms with E-state index in [-0.39, 0.29) is 18.3 Å². The molecule has 0 saturated heterocycles. The van der Waals surface area contributed by atoms with Crippen LogP contribution in [-0.2, 0) is 16.2 Å². The number of alkyl halides is 1. The van der Waals surface area contributed by atoms with Crippen LogP contribution in [0.2, 0.25) is 5.02 Å². The molecule has 0 heterocycles. The van der Waals surface area contributed by atoms with Crippen molar-refractivity contribution in [3.63, 3.8) is 0 Å². The molecule has 1 rings (SSSR count). The summed E-state index contributed by atoms with van der Waals surface area (Å²) in [4.78, 5) is 29.5. The maximum Gasteiger partial charge on any atom is 0.391 e. The Hall–Kier alpha value is -0.910. The number of nitrogens with zero attached hydrogens (tertiary/aromatic N) is 1. The average molecular weight is 364 g/mol. The Morgan fingerprint density at radius 2 is 1.95 bits per heavy atom. The molecule has 1 amide bonds. The number of thioether (sulfide) groups is 1. The van der Waals surface area contributed by atoms with Gasteiger partial charge in [0.15, 0.2) is 0 Å². The second-order valence-corrected chi connectivity index (χ2v) is 7.10. The van der Waals surface area contributed by atoms with Crippen molar-refractivity contribution in [1.82, 2.24) is 5.06 Å². The Bertz CT molecular complexity index is 537. The third-order valence-electron chi connectivity index (χ3n) is 2.86. The topological polar surface area (TPSA) is 46.6 Å². The predicted octanol–water partition coefficient (Wildman–Crippen LogP) is 4.74. The molecule has 22 heavy (non-hydrogen) atoms. The fourth-order valence-corrected chi connectivity index (χ4v) is 2.24. The highest BCUT2D eigenvalue weighted by Gasteiger charge is 2.34. The number of benzene rings is 1. The number of halogens is 2. The first-order valence-electron chi connectivity index (χ1n) is 6.78. The lowest BCUT2D eigenvalue weighted by Crippen LogP contribution is -2.42. The third kappa shape index (κ3) is 5.38. The number of amides is 1. The fourth-order valence-electron chi connectivity index (χ4n) is 1.56. The van der Waals surface area contributed by atoms with Crippen molar-refractivity contribution in [2.75, 3.05) is 11.6 Å². The van der Waals surface area contributed by atoms with Gasteiger partial charge in [-0.25, -0.2) is 4.79 Å². The number of hydrogen-bond donors (Lipinski definition) is 0. The van der Waals surface area contributed by atoms with Crippen molar-refractivity contribution in [1.29, 1.82) is 0 Å². The zero-order valence-corrected chi connectivity index (χ0v) is 15.1. The summed E-state index contributed by atoms with van der Waals surface area (Å²) < 4.78 is 0. The Labute approximate surface area is 145 Å². The summed E-state index contributed by atoms with van der Waals surface area (Å²) >= 11 is 12.9. The molecule has 0 aliphatic carbocycles. The minimum Gasteiger partial charge on any atom is -0.327 e. The maximum absolute atomic E-state index is 12.6. The summed E-state index contributed by atoms with van der Waals surface area (Å²) in [5.74, 6) is 0.308. The van der Waals surface area contributed by atoms with Gasteiger partial charge in [0.25, 0.3) is 5.91 Å². The molecule has 0 aliphatic heterocycles. The molecular formula is C15H19Cl2NO3S. The molecule has 0 radical (unpaired) electrons. The van der Waals surface area contributed by atoms with Gasteiger partial charge in [-0.1, -0.05) is 36.7 Å². The monoisotopic (exact) mass is 363 g/mol. The summed E-state index contributed by atoms with van der Waals surface area (Å²) in [5, 5.41) is 1.01. The van der Waals surface area contributed by atoms with Crippen LogP contribution < -0.4 is 0 Å². The Morgan fingerprint density at radius 3 is 2.50 bits per heavy atom. The van der Waals surface area contributed by atoms with Gasteiger partial charge in [0.2, 0.25) is 0 Å². The van der Waals surface area contributed by atoms with E-state index in [4.69, 9.17) is 28.0 Å². The van der Waals surface area contributed by atoms with Gasteiger partial charge < -0.3 is 4.84 Å². The summed E-state index contributed by atoms with van der Waals surface area (Å²) in [6.07, 6.45) is 0. The van der Waals surface area contributed by atoms with Crippen molar-refractivity contribution in [2.45, 2.75) is 27.3 Å². The van der Waals surface area contributed by atoms with Crippen molar-refractivity contribution < 1.29 is 14.4 Å². The molecular weight excluding hydrogens is 345 g/mol. The summed E-state index contributed by atoms with van der Waals surface area (Å²) in [7, 11) is 0. The van der Waals surface area contributed by atoms with Crippen LogP contribution in [0.15, 0.2) is 24.3 Å². The highest BCUT2D eigenvalue weighted by molar-refractivity contribution is 8.13. The third-order valence-corrected chi connectivity index (χ3v) is 4.49. The molecule has 1 aromatic carbocycles. The van der Waals surface area contributed by atoms with E-state index in [1.54, 1.807) is 38.1 Å². The summed E-state index contributed by atoms with van der Waals surface area (Å²) in [5.41, 5.74) is -0.155. The van der Waals surface area contributed by atoms with Gasteiger partial charge in [0.05, 0.1) is 12.0 Å². The quantitative estimate of drug-likeness (QED) is 0.559. The van der Waals surface area contributed by atoms with E-state index in [1.807, 2.05) is 6.92 Å². The fraction of sp³-hybridized carbons (Fsp3) is 0.467. The number of rotatable bonds is 5. The first-order chi connectivity index (χ1) is 10.3. The smallest absolute Gasteiger partial charge is 0.327 e. The molecule has 0 N–H and O–H groups in total. The maximum atomic E-state index is 12.6. The van der Waals surface area contributed by atoms with E-state index >= 15 is 0 Å². The molecule has 1 aromatic rings. The van der Waals surface area contributed by atoms with Crippen LogP contribution in [0.4, 0.5) is 4.79 Å². The zero-order chi connectivity index (χ0) is 16.8. The minimum atomic E-state index is -0.847. The van der Waals surface area contributed by atoms with Crippen molar-refractivity contribution in [3.05, 3.63) is 34.9 Å². The second kappa shape index (κ2) is 8.65. The van der Waals surface area contributed by atoms with Crippen molar-refractivity contribution in [2.24, 2.45) is 5.41 Å². The highest BCUT2D eigenvalue weighted by Crippen LogP contribution is 2.25. The van der Waals surface area contributed by atoms with Crippen molar-refractivity contribution >= 4 is 46.2 Å². The van der Waals surface area contributed by atoms with Gasteiger partial charge in [-0.05, 0) is 37.2 Å². The summed E-state index contributed by atoms with van der Waals surface area (Å²) in [6.45, 7) is 5.30. The van der Waals surface area contributed by atoms with Gasteiger partial charge in [-0.2, -0.15) is 5.06 Å². The Morgan fingerprint density at radius 1 is 1.32 bits per heavy atom. The highest BCUT2D eigenvalue weighted by atomic mass is 35.5. The molecule has 0 unspecified atom stereocenters. The van der Waals surface area contributed by atoms with Crippen molar-refractivity contribution in [3.8, 4) is 0 Å². The molecule has 7 heteroatoms. The van der Waals surface area contributed by atoms with E-state index in [1.165, 1.54) is 0 Å². The largest absolute Gasteiger partial charge is 0.391 e. The van der Waals surface area contributed by atoms with Gasteiger partial charge in [0, 0.05) is 16.7 Å². The Kier molecular flexibility index (Phi) is 7.53. The van der Waals surface area contributed by atoms with E-state index in [9.17, 15) is 9.59 Å². The van der Waals surface area contributed by atoms with E-state index in [2.05, 4.69) is 0 Å². The SMILES string of the molecule is CCSC(=O)ON(Cc1ccccc1Cl)C(=O)C(C)(C)CCl. The van der Waals surface area contributed by atoms with Crippen LogP contribution in [0.1, 0.15) is 26.3 Å². The molecule has 4 nitrogen and oxygen atoms in total. The van der Waals surface area contributed by atoms with Crippen LogP contribution in [0, 0.1) is 5.41 Å². The van der Waals surface area contributed by atoms with E-state index in [0.717, 1.165) is 16.8 Å². The molecule has 0 atom stereocenters. The minimum absolute atomic E-state index is 0.0782. The second-order valence-electron chi connectivity index (χ2n) is 5.22. The first kappa shape index (κ1) is 19.1. The van der Waals surface area contributed by atoms with Crippen LogP contribution in [0.3, 0.4) is 0 Å².